The molecule has 0 bridgehead atoms. The number of hydrogen-bond acceptors (Lipinski definition) is 5. The smallest absolute Gasteiger partial charge is 0.271 e. The van der Waals surface area contributed by atoms with Gasteiger partial charge >= 0.3 is 0 Å². The van der Waals surface area contributed by atoms with Crippen LogP contribution >= 0.6 is 22.9 Å². The van der Waals surface area contributed by atoms with Crippen LogP contribution in [0.2, 0.25) is 5.02 Å². The van der Waals surface area contributed by atoms with Crippen molar-refractivity contribution in [1.82, 2.24) is 4.57 Å². The minimum Gasteiger partial charge on any atom is -0.497 e. The third-order valence-corrected chi connectivity index (χ3v) is 7.25. The highest BCUT2D eigenvalue weighted by atomic mass is 35.5. The number of nitrogens with one attached hydrogen (secondary N) is 1. The van der Waals surface area contributed by atoms with Crippen molar-refractivity contribution >= 4 is 40.6 Å². The molecule has 1 aliphatic rings. The zero-order valence-corrected chi connectivity index (χ0v) is 21.1. The Balaban J connectivity index is 1.68. The maximum atomic E-state index is 13.7. The Morgan fingerprint density at radius 3 is 2.44 bits per heavy atom. The molecule has 1 N–H and O–H groups in total. The first-order valence-corrected chi connectivity index (χ1v) is 12.4. The molecule has 2 heterocycles. The van der Waals surface area contributed by atoms with E-state index in [2.05, 4.69) is 10.3 Å². The second-order valence-corrected chi connectivity index (χ2v) is 9.61. The van der Waals surface area contributed by atoms with Gasteiger partial charge < -0.3 is 10.1 Å². The van der Waals surface area contributed by atoms with Crippen LogP contribution in [0.4, 0.5) is 5.69 Å². The fourth-order valence-corrected chi connectivity index (χ4v) is 5.39. The standard InChI is InChI=1S/C28H22ClN3O3S/c1-17-24(26(33)31-20-9-4-3-5-10-20)25(18-12-14-21(35-2)15-13-18)32-27(34)23(36-28(32)30-17)16-19-8-6-7-11-22(19)29/h3-16,25H,1-2H3,(H,31,33)/b23-16+/t25-/m0/s1. The minimum absolute atomic E-state index is 0.239. The van der Waals surface area contributed by atoms with Crippen molar-refractivity contribution in [3.8, 4) is 5.75 Å². The number of benzene rings is 3. The number of rotatable bonds is 5. The molecular formula is C28H22ClN3O3S. The molecule has 0 saturated heterocycles. The number of fused-ring (bicyclic) bond motifs is 1. The molecule has 0 fully saturated rings. The van der Waals surface area contributed by atoms with Crippen molar-refractivity contribution in [1.29, 1.82) is 0 Å². The number of nitrogens with zero attached hydrogens (tertiary/aromatic N) is 2. The number of amides is 1. The van der Waals surface area contributed by atoms with Gasteiger partial charge in [-0.15, -0.1) is 0 Å². The van der Waals surface area contributed by atoms with Gasteiger partial charge in [0.1, 0.15) is 5.75 Å². The van der Waals surface area contributed by atoms with E-state index in [4.69, 9.17) is 16.3 Å². The number of halogens is 1. The largest absolute Gasteiger partial charge is 0.497 e. The Morgan fingerprint density at radius 2 is 1.75 bits per heavy atom. The van der Waals surface area contributed by atoms with Gasteiger partial charge in [-0.25, -0.2) is 4.99 Å². The minimum atomic E-state index is -0.663. The van der Waals surface area contributed by atoms with Gasteiger partial charge in [0, 0.05) is 10.7 Å². The molecule has 4 aromatic rings. The van der Waals surface area contributed by atoms with Crippen molar-refractivity contribution in [2.24, 2.45) is 4.99 Å². The molecule has 180 valence electrons. The first kappa shape index (κ1) is 23.8. The number of aromatic nitrogens is 1. The van der Waals surface area contributed by atoms with E-state index in [1.807, 2.05) is 72.8 Å². The lowest BCUT2D eigenvalue weighted by Gasteiger charge is -2.25. The number of allylic oxidation sites excluding steroid dienone is 1. The van der Waals surface area contributed by atoms with Gasteiger partial charge in [-0.1, -0.05) is 71.5 Å². The third kappa shape index (κ3) is 4.51. The summed E-state index contributed by atoms with van der Waals surface area (Å²) < 4.78 is 7.38. The monoisotopic (exact) mass is 515 g/mol. The van der Waals surface area contributed by atoms with Gasteiger partial charge in [0.2, 0.25) is 0 Å². The summed E-state index contributed by atoms with van der Waals surface area (Å²) in [7, 11) is 1.59. The van der Waals surface area contributed by atoms with E-state index in [-0.39, 0.29) is 11.5 Å². The summed E-state index contributed by atoms with van der Waals surface area (Å²) in [6.45, 7) is 1.79. The zero-order chi connectivity index (χ0) is 25.2. The van der Waals surface area contributed by atoms with Gasteiger partial charge in [0.15, 0.2) is 4.80 Å². The van der Waals surface area contributed by atoms with Crippen LogP contribution < -0.4 is 24.9 Å². The van der Waals surface area contributed by atoms with Crippen LogP contribution in [0.1, 0.15) is 24.1 Å². The second kappa shape index (κ2) is 9.97. The maximum absolute atomic E-state index is 13.7. The fourth-order valence-electron chi connectivity index (χ4n) is 4.17. The fraction of sp³-hybridized carbons (Fsp3) is 0.107. The van der Waals surface area contributed by atoms with Gasteiger partial charge in [0.25, 0.3) is 11.5 Å². The average molecular weight is 516 g/mol. The molecule has 0 saturated carbocycles. The number of methoxy groups -OCH3 is 1. The number of para-hydroxylation sites is 1. The summed E-state index contributed by atoms with van der Waals surface area (Å²) in [4.78, 5) is 32.5. The summed E-state index contributed by atoms with van der Waals surface area (Å²) in [5, 5.41) is 3.50. The van der Waals surface area contributed by atoms with Gasteiger partial charge in [-0.3, -0.25) is 14.2 Å². The van der Waals surface area contributed by atoms with Crippen LogP contribution in [0.25, 0.3) is 6.08 Å². The van der Waals surface area contributed by atoms with Crippen LogP contribution in [0.15, 0.2) is 99.9 Å². The molecule has 1 aromatic heterocycles. The van der Waals surface area contributed by atoms with Crippen molar-refractivity contribution in [3.05, 3.63) is 126 Å². The van der Waals surface area contributed by atoms with Gasteiger partial charge in [-0.2, -0.15) is 0 Å². The predicted molar refractivity (Wildman–Crippen MR) is 143 cm³/mol. The van der Waals surface area contributed by atoms with Crippen molar-refractivity contribution < 1.29 is 9.53 Å². The van der Waals surface area contributed by atoms with Crippen molar-refractivity contribution in [2.45, 2.75) is 13.0 Å². The zero-order valence-electron chi connectivity index (χ0n) is 19.6. The molecule has 0 radical (unpaired) electrons. The molecule has 0 spiro atoms. The number of hydrogen-bond donors (Lipinski definition) is 1. The molecule has 1 atom stereocenters. The lowest BCUT2D eigenvalue weighted by atomic mass is 9.95. The first-order valence-electron chi connectivity index (χ1n) is 11.2. The van der Waals surface area contributed by atoms with Crippen LogP contribution in [-0.2, 0) is 4.79 Å². The lowest BCUT2D eigenvalue weighted by Crippen LogP contribution is -2.40. The highest BCUT2D eigenvalue weighted by Gasteiger charge is 2.32. The van der Waals surface area contributed by atoms with Gasteiger partial charge in [0.05, 0.1) is 29.0 Å². The molecule has 36 heavy (non-hydrogen) atoms. The van der Waals surface area contributed by atoms with E-state index in [9.17, 15) is 9.59 Å². The highest BCUT2D eigenvalue weighted by molar-refractivity contribution is 7.07. The van der Waals surface area contributed by atoms with Crippen LogP contribution in [0, 0.1) is 0 Å². The topological polar surface area (TPSA) is 72.7 Å². The van der Waals surface area contributed by atoms with Crippen LogP contribution in [0.5, 0.6) is 5.75 Å². The van der Waals surface area contributed by atoms with E-state index in [0.29, 0.717) is 37.1 Å². The van der Waals surface area contributed by atoms with E-state index in [1.165, 1.54) is 11.3 Å². The SMILES string of the molecule is COc1ccc([C@H]2C(C(=O)Nc3ccccc3)=C(C)N=c3s/c(=C/c4ccccc4Cl)c(=O)n32)cc1. The summed E-state index contributed by atoms with van der Waals surface area (Å²) in [5.74, 6) is 0.365. The molecular weight excluding hydrogens is 494 g/mol. The molecule has 6 nitrogen and oxygen atoms in total. The molecule has 1 aliphatic heterocycles. The summed E-state index contributed by atoms with van der Waals surface area (Å²) in [6, 6.07) is 23.2. The molecule has 8 heteroatoms. The third-order valence-electron chi connectivity index (χ3n) is 5.92. The van der Waals surface area contributed by atoms with E-state index in [0.717, 1.165) is 11.1 Å². The Labute approximate surface area is 216 Å². The van der Waals surface area contributed by atoms with Crippen LogP contribution in [-0.4, -0.2) is 17.6 Å². The Hall–Kier alpha value is -3.94. The average Bonchev–Trinajstić information content (AvgIpc) is 3.19. The molecule has 3 aromatic carbocycles. The summed E-state index contributed by atoms with van der Waals surface area (Å²) in [5.41, 5.74) is 2.89. The Morgan fingerprint density at radius 1 is 1.06 bits per heavy atom. The lowest BCUT2D eigenvalue weighted by molar-refractivity contribution is -0.113. The van der Waals surface area contributed by atoms with Crippen molar-refractivity contribution in [2.75, 3.05) is 12.4 Å². The normalized spacial score (nSPS) is 15.3. The summed E-state index contributed by atoms with van der Waals surface area (Å²) in [6.07, 6.45) is 1.76. The number of ether oxygens (including phenoxy) is 1. The van der Waals surface area contributed by atoms with Crippen molar-refractivity contribution in [3.63, 3.8) is 0 Å². The number of carbonyl (C=O) groups is 1. The molecule has 0 aliphatic carbocycles. The summed E-state index contributed by atoms with van der Waals surface area (Å²) >= 11 is 7.61. The van der Waals surface area contributed by atoms with E-state index in [1.54, 1.807) is 30.7 Å². The van der Waals surface area contributed by atoms with E-state index >= 15 is 0 Å². The second-order valence-electron chi connectivity index (χ2n) is 8.20. The number of thiazole rings is 1. The molecule has 1 amide bonds. The Bertz CT molecular complexity index is 1650. The van der Waals surface area contributed by atoms with Crippen LogP contribution in [0.3, 0.4) is 0 Å². The number of carbonyl (C=O) groups excluding carboxylic acids is 1. The number of anilines is 1. The van der Waals surface area contributed by atoms with Gasteiger partial charge in [-0.05, 0) is 54.5 Å². The maximum Gasteiger partial charge on any atom is 0.271 e. The molecule has 5 rings (SSSR count). The van der Waals surface area contributed by atoms with E-state index < -0.39 is 6.04 Å². The highest BCUT2D eigenvalue weighted by Crippen LogP contribution is 2.31. The first-order chi connectivity index (χ1) is 17.5. The molecule has 0 unspecified atom stereocenters. The quantitative estimate of drug-likeness (QED) is 0.424. The predicted octanol–water partition coefficient (Wildman–Crippen LogP) is 4.54. The Kier molecular flexibility index (Phi) is 6.59.